The van der Waals surface area contributed by atoms with Gasteiger partial charge in [0.1, 0.15) is 6.61 Å². The maximum atomic E-state index is 11.9. The van der Waals surface area contributed by atoms with Crippen molar-refractivity contribution in [1.29, 1.82) is 0 Å². The van der Waals surface area contributed by atoms with E-state index in [9.17, 15) is 4.79 Å². The molecule has 0 aromatic heterocycles. The zero-order chi connectivity index (χ0) is 12.1. The van der Waals surface area contributed by atoms with E-state index < -0.39 is 0 Å². The first-order valence-corrected chi connectivity index (χ1v) is 5.99. The molecule has 0 saturated carbocycles. The van der Waals surface area contributed by atoms with Crippen LogP contribution in [0.25, 0.3) is 0 Å². The van der Waals surface area contributed by atoms with Crippen molar-refractivity contribution >= 4 is 6.09 Å². The Hall–Kier alpha value is -1.55. The monoisotopic (exact) mass is 234 g/mol. The predicted octanol–water partition coefficient (Wildman–Crippen LogP) is 1.62. The van der Waals surface area contributed by atoms with Gasteiger partial charge in [0.25, 0.3) is 0 Å². The first-order chi connectivity index (χ1) is 8.31. The molecule has 0 spiro atoms. The van der Waals surface area contributed by atoms with Gasteiger partial charge in [0.15, 0.2) is 0 Å². The second kappa shape index (κ2) is 5.68. The Bertz CT molecular complexity index is 363. The molecular formula is C13H18N2O2. The molecule has 1 fully saturated rings. The van der Waals surface area contributed by atoms with E-state index in [1.165, 1.54) is 0 Å². The standard InChI is InChI=1S/C13H18N2O2/c1-2-15(12-8-14-9-12)13(16)17-10-11-6-4-3-5-7-11/h3-7,12,14H,2,8-10H2,1H3. The highest BCUT2D eigenvalue weighted by atomic mass is 16.6. The molecule has 0 unspecified atom stereocenters. The highest BCUT2D eigenvalue weighted by Gasteiger charge is 2.28. The zero-order valence-electron chi connectivity index (χ0n) is 10.1. The number of benzene rings is 1. The lowest BCUT2D eigenvalue weighted by Crippen LogP contribution is -2.58. The smallest absolute Gasteiger partial charge is 0.410 e. The van der Waals surface area contributed by atoms with Gasteiger partial charge in [-0.25, -0.2) is 4.79 Å². The highest BCUT2D eigenvalue weighted by Crippen LogP contribution is 2.08. The number of ether oxygens (including phenoxy) is 1. The van der Waals surface area contributed by atoms with Crippen molar-refractivity contribution in [3.63, 3.8) is 0 Å². The van der Waals surface area contributed by atoms with Crippen molar-refractivity contribution in [2.45, 2.75) is 19.6 Å². The largest absolute Gasteiger partial charge is 0.445 e. The third kappa shape index (κ3) is 2.97. The average Bonchev–Trinajstić information content (AvgIpc) is 2.31. The predicted molar refractivity (Wildman–Crippen MR) is 65.7 cm³/mol. The van der Waals surface area contributed by atoms with Crippen LogP contribution in [0.3, 0.4) is 0 Å². The van der Waals surface area contributed by atoms with E-state index in [1.807, 2.05) is 37.3 Å². The van der Waals surface area contributed by atoms with Crippen LogP contribution in [-0.4, -0.2) is 36.7 Å². The number of rotatable bonds is 4. The van der Waals surface area contributed by atoms with Crippen LogP contribution in [0.1, 0.15) is 12.5 Å². The summed E-state index contributed by atoms with van der Waals surface area (Å²) in [5, 5.41) is 3.16. The molecule has 0 atom stereocenters. The first kappa shape index (κ1) is 11.9. The summed E-state index contributed by atoms with van der Waals surface area (Å²) in [6.45, 7) is 4.75. The van der Waals surface area contributed by atoms with Crippen LogP contribution in [0, 0.1) is 0 Å². The Morgan fingerprint density at radius 3 is 2.65 bits per heavy atom. The molecule has 1 N–H and O–H groups in total. The summed E-state index contributed by atoms with van der Waals surface area (Å²) < 4.78 is 5.30. The van der Waals surface area contributed by atoms with E-state index in [4.69, 9.17) is 4.74 Å². The van der Waals surface area contributed by atoms with Crippen LogP contribution in [0.15, 0.2) is 30.3 Å². The van der Waals surface area contributed by atoms with E-state index in [1.54, 1.807) is 4.90 Å². The number of nitrogens with zero attached hydrogens (tertiary/aromatic N) is 1. The van der Waals surface area contributed by atoms with Crippen LogP contribution < -0.4 is 5.32 Å². The summed E-state index contributed by atoms with van der Waals surface area (Å²) in [4.78, 5) is 13.6. The second-order valence-electron chi connectivity index (χ2n) is 4.14. The molecule has 1 aliphatic heterocycles. The third-order valence-electron chi connectivity index (χ3n) is 2.98. The van der Waals surface area contributed by atoms with E-state index in [0.29, 0.717) is 19.2 Å². The molecule has 1 amide bonds. The maximum Gasteiger partial charge on any atom is 0.410 e. The lowest BCUT2D eigenvalue weighted by Gasteiger charge is -2.36. The van der Waals surface area contributed by atoms with Gasteiger partial charge in [0.2, 0.25) is 0 Å². The van der Waals surface area contributed by atoms with Crippen molar-refractivity contribution < 1.29 is 9.53 Å². The topological polar surface area (TPSA) is 41.6 Å². The van der Waals surface area contributed by atoms with Crippen molar-refractivity contribution in [3.05, 3.63) is 35.9 Å². The molecule has 0 aliphatic carbocycles. The van der Waals surface area contributed by atoms with Crippen molar-refractivity contribution in [1.82, 2.24) is 10.2 Å². The molecule has 1 aromatic carbocycles. The molecule has 1 saturated heterocycles. The van der Waals surface area contributed by atoms with Gasteiger partial charge in [-0.05, 0) is 12.5 Å². The van der Waals surface area contributed by atoms with Crippen LogP contribution in [0.2, 0.25) is 0 Å². The van der Waals surface area contributed by atoms with Gasteiger partial charge in [-0.15, -0.1) is 0 Å². The molecule has 1 aliphatic rings. The number of carbonyl (C=O) groups excluding carboxylic acids is 1. The number of likely N-dealkylation sites (N-methyl/N-ethyl adjacent to an activating group) is 1. The molecule has 4 nitrogen and oxygen atoms in total. The molecule has 0 radical (unpaired) electrons. The number of nitrogens with one attached hydrogen (secondary N) is 1. The van der Waals surface area contributed by atoms with Crippen LogP contribution in [-0.2, 0) is 11.3 Å². The van der Waals surface area contributed by atoms with E-state index in [2.05, 4.69) is 5.32 Å². The summed E-state index contributed by atoms with van der Waals surface area (Å²) in [6.07, 6.45) is -0.220. The number of hydrogen-bond donors (Lipinski definition) is 1. The van der Waals surface area contributed by atoms with Gasteiger partial charge in [-0.1, -0.05) is 30.3 Å². The van der Waals surface area contributed by atoms with Gasteiger partial charge < -0.3 is 15.0 Å². The Balaban J connectivity index is 1.83. The van der Waals surface area contributed by atoms with Gasteiger partial charge >= 0.3 is 6.09 Å². The molecule has 17 heavy (non-hydrogen) atoms. The van der Waals surface area contributed by atoms with Gasteiger partial charge in [-0.2, -0.15) is 0 Å². The molecule has 92 valence electrons. The number of carbonyl (C=O) groups is 1. The molecule has 1 heterocycles. The molecule has 1 aromatic rings. The van der Waals surface area contributed by atoms with E-state index in [-0.39, 0.29) is 6.09 Å². The third-order valence-corrected chi connectivity index (χ3v) is 2.98. The van der Waals surface area contributed by atoms with Gasteiger partial charge in [-0.3, -0.25) is 0 Å². The minimum atomic E-state index is -0.220. The molecule has 0 bridgehead atoms. The quantitative estimate of drug-likeness (QED) is 0.860. The molecule has 2 rings (SSSR count). The second-order valence-corrected chi connectivity index (χ2v) is 4.14. The van der Waals surface area contributed by atoms with Crippen LogP contribution >= 0.6 is 0 Å². The zero-order valence-corrected chi connectivity index (χ0v) is 10.1. The summed E-state index contributed by atoms with van der Waals surface area (Å²) in [7, 11) is 0. The van der Waals surface area contributed by atoms with Gasteiger partial charge in [0, 0.05) is 19.6 Å². The van der Waals surface area contributed by atoms with Crippen molar-refractivity contribution in [3.8, 4) is 0 Å². The number of hydrogen-bond acceptors (Lipinski definition) is 3. The van der Waals surface area contributed by atoms with E-state index >= 15 is 0 Å². The lowest BCUT2D eigenvalue weighted by molar-refractivity contribution is 0.0711. The van der Waals surface area contributed by atoms with Crippen LogP contribution in [0.4, 0.5) is 4.79 Å². The normalized spacial score (nSPS) is 15.1. The van der Waals surface area contributed by atoms with Gasteiger partial charge in [0.05, 0.1) is 6.04 Å². The Morgan fingerprint density at radius 2 is 2.12 bits per heavy atom. The molecule has 4 heteroatoms. The Labute approximate surface area is 102 Å². The lowest BCUT2D eigenvalue weighted by atomic mass is 10.1. The minimum absolute atomic E-state index is 0.220. The summed E-state index contributed by atoms with van der Waals surface area (Å²) in [6, 6.07) is 10.0. The summed E-state index contributed by atoms with van der Waals surface area (Å²) in [5.74, 6) is 0. The SMILES string of the molecule is CCN(C(=O)OCc1ccccc1)C1CNC1. The summed E-state index contributed by atoms with van der Waals surface area (Å²) in [5.41, 5.74) is 1.02. The fraction of sp³-hybridized carbons (Fsp3) is 0.462. The Kier molecular flexibility index (Phi) is 3.98. The summed E-state index contributed by atoms with van der Waals surface area (Å²) >= 11 is 0. The highest BCUT2D eigenvalue weighted by molar-refractivity contribution is 5.68. The molecular weight excluding hydrogens is 216 g/mol. The first-order valence-electron chi connectivity index (χ1n) is 5.99. The average molecular weight is 234 g/mol. The maximum absolute atomic E-state index is 11.9. The minimum Gasteiger partial charge on any atom is -0.445 e. The van der Waals surface area contributed by atoms with Crippen LogP contribution in [0.5, 0.6) is 0 Å². The van der Waals surface area contributed by atoms with E-state index in [0.717, 1.165) is 18.7 Å². The fourth-order valence-corrected chi connectivity index (χ4v) is 1.83. The van der Waals surface area contributed by atoms with Crippen molar-refractivity contribution in [2.24, 2.45) is 0 Å². The Morgan fingerprint density at radius 1 is 1.41 bits per heavy atom. The van der Waals surface area contributed by atoms with Crippen molar-refractivity contribution in [2.75, 3.05) is 19.6 Å². The fourth-order valence-electron chi connectivity index (χ4n) is 1.83. The number of amides is 1.